The first-order valence-corrected chi connectivity index (χ1v) is 10.1. The van der Waals surface area contributed by atoms with Gasteiger partial charge in [0.25, 0.3) is 11.8 Å². The summed E-state index contributed by atoms with van der Waals surface area (Å²) >= 11 is 0. The number of carbonyl (C=O) groups excluding carboxylic acids is 3. The minimum Gasteiger partial charge on any atom is -0.491 e. The number of benzene rings is 2. The maximum absolute atomic E-state index is 12.7. The predicted molar refractivity (Wildman–Crippen MR) is 120 cm³/mol. The maximum atomic E-state index is 12.7. The molecule has 9 nitrogen and oxygen atoms in total. The zero-order chi connectivity index (χ0) is 23.7. The van der Waals surface area contributed by atoms with Crippen LogP contribution in [-0.2, 0) is 9.53 Å². The first kappa shape index (κ1) is 24.4. The van der Waals surface area contributed by atoms with Crippen molar-refractivity contribution < 1.29 is 23.9 Å². The molecule has 0 aliphatic carbocycles. The number of nitrogens with one attached hydrogen (secondary N) is 2. The van der Waals surface area contributed by atoms with Gasteiger partial charge in [0.1, 0.15) is 18.2 Å². The number of hydrogen-bond acceptors (Lipinski definition) is 6. The fraction of sp³-hybridized carbons (Fsp3) is 0.304. The van der Waals surface area contributed by atoms with Crippen molar-refractivity contribution in [2.24, 2.45) is 5.73 Å². The molecule has 4 N–H and O–H groups in total. The van der Waals surface area contributed by atoms with Crippen molar-refractivity contribution in [2.75, 3.05) is 27.3 Å². The molecule has 170 valence electrons. The van der Waals surface area contributed by atoms with Gasteiger partial charge in [-0.05, 0) is 43.3 Å². The number of nitrogens with two attached hydrogens (primary N) is 1. The molecule has 2 rings (SSSR count). The third-order valence-electron chi connectivity index (χ3n) is 4.45. The quantitative estimate of drug-likeness (QED) is 0.293. The van der Waals surface area contributed by atoms with Crippen molar-refractivity contribution in [3.8, 4) is 5.75 Å². The smallest absolute Gasteiger partial charge is 0.307 e. The molecule has 0 saturated carbocycles. The van der Waals surface area contributed by atoms with Crippen molar-refractivity contribution >= 4 is 23.6 Å². The van der Waals surface area contributed by atoms with E-state index in [0.29, 0.717) is 22.4 Å². The maximum Gasteiger partial charge on any atom is 0.307 e. The minimum absolute atomic E-state index is 0.00309. The van der Waals surface area contributed by atoms with E-state index in [-0.39, 0.29) is 31.4 Å². The van der Waals surface area contributed by atoms with Gasteiger partial charge in [0.15, 0.2) is 0 Å². The lowest BCUT2D eigenvalue weighted by Crippen LogP contribution is -2.41. The van der Waals surface area contributed by atoms with Crippen molar-refractivity contribution in [3.63, 3.8) is 0 Å². The van der Waals surface area contributed by atoms with Crippen LogP contribution in [0.2, 0.25) is 0 Å². The summed E-state index contributed by atoms with van der Waals surface area (Å²) in [5.74, 6) is -0.691. The van der Waals surface area contributed by atoms with Crippen molar-refractivity contribution in [1.29, 1.82) is 5.41 Å². The molecule has 0 aromatic heterocycles. The van der Waals surface area contributed by atoms with E-state index in [4.69, 9.17) is 20.6 Å². The Morgan fingerprint density at radius 2 is 1.72 bits per heavy atom. The van der Waals surface area contributed by atoms with Crippen LogP contribution >= 0.6 is 0 Å². The zero-order valence-corrected chi connectivity index (χ0v) is 18.4. The molecule has 2 amide bonds. The molecule has 2 aromatic rings. The molecule has 0 spiro atoms. The van der Waals surface area contributed by atoms with Crippen LogP contribution in [0.15, 0.2) is 48.5 Å². The lowest BCUT2D eigenvalue weighted by molar-refractivity contribution is -0.143. The summed E-state index contributed by atoms with van der Waals surface area (Å²) in [6.07, 6.45) is -0.0802. The van der Waals surface area contributed by atoms with Gasteiger partial charge in [0, 0.05) is 30.8 Å². The second-order valence-electron chi connectivity index (χ2n) is 7.21. The van der Waals surface area contributed by atoms with Gasteiger partial charge >= 0.3 is 5.97 Å². The molecule has 2 aromatic carbocycles. The molecule has 0 saturated heterocycles. The summed E-state index contributed by atoms with van der Waals surface area (Å²) in [4.78, 5) is 38.2. The number of hydrogen-bond donors (Lipinski definition) is 3. The van der Waals surface area contributed by atoms with Gasteiger partial charge < -0.3 is 25.4 Å². The van der Waals surface area contributed by atoms with Crippen molar-refractivity contribution in [1.82, 2.24) is 10.2 Å². The number of amides is 2. The Morgan fingerprint density at radius 3 is 2.31 bits per heavy atom. The number of rotatable bonds is 10. The Balaban J connectivity index is 2.09. The van der Waals surface area contributed by atoms with Crippen LogP contribution < -0.4 is 15.8 Å². The number of nitrogen functional groups attached to an aromatic ring is 1. The Kier molecular flexibility index (Phi) is 8.76. The highest BCUT2D eigenvalue weighted by Gasteiger charge is 2.20. The summed E-state index contributed by atoms with van der Waals surface area (Å²) in [6.45, 7) is 1.93. The Bertz CT molecular complexity index is 973. The van der Waals surface area contributed by atoms with Gasteiger partial charge in [-0.2, -0.15) is 0 Å². The van der Waals surface area contributed by atoms with Gasteiger partial charge in [-0.3, -0.25) is 19.8 Å². The summed E-state index contributed by atoms with van der Waals surface area (Å²) in [5.41, 5.74) is 6.80. The van der Waals surface area contributed by atoms with Gasteiger partial charge in [0.05, 0.1) is 19.1 Å². The summed E-state index contributed by atoms with van der Waals surface area (Å²) < 4.78 is 10.7. The van der Waals surface area contributed by atoms with Gasteiger partial charge in [0.2, 0.25) is 0 Å². The van der Waals surface area contributed by atoms with E-state index in [2.05, 4.69) is 5.32 Å². The van der Waals surface area contributed by atoms with Crippen LogP contribution in [0.5, 0.6) is 5.75 Å². The topological polar surface area (TPSA) is 135 Å². The summed E-state index contributed by atoms with van der Waals surface area (Å²) in [6, 6.07) is 12.2. The molecule has 0 bridgehead atoms. The molecule has 0 unspecified atom stereocenters. The second kappa shape index (κ2) is 11.5. The standard InChI is InChI=1S/C23H28N4O5/c1-4-31-20(28)13-18(14-32-19-7-5-6-17(12-19)21(24)25)26-22(29)15-8-10-16(11-9-15)23(30)27(2)3/h5-12,18H,4,13-14H2,1-3H3,(H3,24,25)(H,26,29)/t18-/m1/s1. The number of amidine groups is 1. The lowest BCUT2D eigenvalue weighted by atomic mass is 10.1. The Morgan fingerprint density at radius 1 is 1.06 bits per heavy atom. The third kappa shape index (κ3) is 7.12. The Hall–Kier alpha value is -3.88. The molecule has 1 atom stereocenters. The van der Waals surface area contributed by atoms with Crippen LogP contribution in [0.25, 0.3) is 0 Å². The highest BCUT2D eigenvalue weighted by Crippen LogP contribution is 2.14. The lowest BCUT2D eigenvalue weighted by Gasteiger charge is -2.19. The predicted octanol–water partition coefficient (Wildman–Crippen LogP) is 1.80. The first-order chi connectivity index (χ1) is 15.2. The van der Waals surface area contributed by atoms with Crippen molar-refractivity contribution in [3.05, 3.63) is 65.2 Å². The average molecular weight is 441 g/mol. The van der Waals surface area contributed by atoms with Gasteiger partial charge in [-0.1, -0.05) is 12.1 Å². The van der Waals surface area contributed by atoms with Crippen LogP contribution in [0, 0.1) is 5.41 Å². The average Bonchev–Trinajstić information content (AvgIpc) is 2.77. The minimum atomic E-state index is -0.661. The van der Waals surface area contributed by atoms with E-state index in [1.807, 2.05) is 0 Å². The molecule has 0 radical (unpaired) electrons. The normalized spacial score (nSPS) is 11.2. The first-order valence-electron chi connectivity index (χ1n) is 10.1. The number of nitrogens with zero attached hydrogens (tertiary/aromatic N) is 1. The van der Waals surface area contributed by atoms with E-state index in [1.54, 1.807) is 69.6 Å². The number of esters is 1. The van der Waals surface area contributed by atoms with Crippen LogP contribution in [0.3, 0.4) is 0 Å². The van der Waals surface area contributed by atoms with Crippen LogP contribution in [-0.4, -0.2) is 61.9 Å². The molecular weight excluding hydrogens is 412 g/mol. The fourth-order valence-electron chi connectivity index (χ4n) is 2.81. The number of carbonyl (C=O) groups is 3. The van der Waals surface area contributed by atoms with Crippen LogP contribution in [0.1, 0.15) is 39.6 Å². The third-order valence-corrected chi connectivity index (χ3v) is 4.45. The van der Waals surface area contributed by atoms with Gasteiger partial charge in [-0.15, -0.1) is 0 Å². The van der Waals surface area contributed by atoms with E-state index in [9.17, 15) is 14.4 Å². The monoisotopic (exact) mass is 440 g/mol. The fourth-order valence-corrected chi connectivity index (χ4v) is 2.81. The SMILES string of the molecule is CCOC(=O)C[C@H](COc1cccc(C(=N)N)c1)NC(=O)c1ccc(C(=O)N(C)C)cc1. The summed E-state index contributed by atoms with van der Waals surface area (Å²) in [5, 5.41) is 10.3. The zero-order valence-electron chi connectivity index (χ0n) is 18.4. The van der Waals surface area contributed by atoms with E-state index in [1.165, 1.54) is 4.90 Å². The van der Waals surface area contributed by atoms with Gasteiger partial charge in [-0.25, -0.2) is 0 Å². The highest BCUT2D eigenvalue weighted by atomic mass is 16.5. The largest absolute Gasteiger partial charge is 0.491 e. The summed E-state index contributed by atoms with van der Waals surface area (Å²) in [7, 11) is 3.30. The molecule has 0 aliphatic heterocycles. The highest BCUT2D eigenvalue weighted by molar-refractivity contribution is 5.98. The van der Waals surface area contributed by atoms with Crippen LogP contribution in [0.4, 0.5) is 0 Å². The molecule has 0 heterocycles. The molecule has 0 fully saturated rings. The van der Waals surface area contributed by atoms with E-state index in [0.717, 1.165) is 0 Å². The van der Waals surface area contributed by atoms with Crippen molar-refractivity contribution in [2.45, 2.75) is 19.4 Å². The number of ether oxygens (including phenoxy) is 2. The molecule has 9 heteroatoms. The van der Waals surface area contributed by atoms with E-state index < -0.39 is 17.9 Å². The molecule has 32 heavy (non-hydrogen) atoms. The second-order valence-corrected chi connectivity index (χ2v) is 7.21. The molecule has 0 aliphatic rings. The molecular formula is C23H28N4O5. The Labute approximate surface area is 187 Å². The van der Waals surface area contributed by atoms with E-state index >= 15 is 0 Å².